The molecule has 0 radical (unpaired) electrons. The van der Waals surface area contributed by atoms with Gasteiger partial charge in [-0.05, 0) is 69.1 Å². The number of hydrogen-bond donors (Lipinski definition) is 0. The van der Waals surface area contributed by atoms with Crippen molar-refractivity contribution < 1.29 is 0 Å². The van der Waals surface area contributed by atoms with Crippen molar-refractivity contribution in [2.45, 2.75) is 12.3 Å². The monoisotopic (exact) mass is 757 g/mol. The van der Waals surface area contributed by atoms with Gasteiger partial charge in [0.1, 0.15) is 0 Å². The molecule has 0 N–H and O–H groups in total. The summed E-state index contributed by atoms with van der Waals surface area (Å²) in [5.41, 5.74) is 10.2. The zero-order valence-corrected chi connectivity index (χ0v) is 32.3. The molecule has 0 aliphatic heterocycles. The van der Waals surface area contributed by atoms with Crippen LogP contribution >= 0.6 is 11.3 Å². The highest BCUT2D eigenvalue weighted by Gasteiger charge is 2.25. The van der Waals surface area contributed by atoms with Gasteiger partial charge in [-0.15, -0.1) is 11.3 Å². The van der Waals surface area contributed by atoms with E-state index in [9.17, 15) is 0 Å². The van der Waals surface area contributed by atoms with Gasteiger partial charge in [0, 0.05) is 47.8 Å². The fourth-order valence-corrected chi connectivity index (χ4v) is 10.4. The molecule has 1 aliphatic carbocycles. The highest BCUT2D eigenvalue weighted by Crippen LogP contribution is 2.48. The third-order valence-corrected chi connectivity index (χ3v) is 13.1. The van der Waals surface area contributed by atoms with E-state index in [2.05, 4.69) is 199 Å². The van der Waals surface area contributed by atoms with E-state index in [1.54, 1.807) is 0 Å². The van der Waals surface area contributed by atoms with Crippen molar-refractivity contribution in [3.8, 4) is 39.5 Å². The van der Waals surface area contributed by atoms with Crippen LogP contribution in [-0.4, -0.2) is 14.5 Å². The lowest BCUT2D eigenvalue weighted by atomic mass is 9.96. The Morgan fingerprint density at radius 1 is 0.483 bits per heavy atom. The largest absolute Gasteiger partial charge is 0.277 e. The molecule has 0 bridgehead atoms. The molecule has 0 amide bonds. The second kappa shape index (κ2) is 13.2. The van der Waals surface area contributed by atoms with Crippen LogP contribution in [0.1, 0.15) is 18.0 Å². The van der Waals surface area contributed by atoms with Gasteiger partial charge in [-0.25, -0.2) is 9.97 Å². The van der Waals surface area contributed by atoms with Crippen molar-refractivity contribution in [3.63, 3.8) is 0 Å². The van der Waals surface area contributed by atoms with E-state index in [4.69, 9.17) is 9.97 Å². The molecule has 0 spiro atoms. The van der Waals surface area contributed by atoms with E-state index < -0.39 is 0 Å². The van der Waals surface area contributed by atoms with Gasteiger partial charge in [-0.2, -0.15) is 0 Å². The van der Waals surface area contributed by atoms with Gasteiger partial charge >= 0.3 is 0 Å². The van der Waals surface area contributed by atoms with E-state index in [0.717, 1.165) is 34.4 Å². The van der Waals surface area contributed by atoms with Gasteiger partial charge < -0.3 is 0 Å². The molecule has 0 saturated carbocycles. The lowest BCUT2D eigenvalue weighted by Gasteiger charge is -2.17. The summed E-state index contributed by atoms with van der Waals surface area (Å²) in [7, 11) is 0. The average Bonchev–Trinajstić information content (AvgIpc) is 3.86. The van der Waals surface area contributed by atoms with Crippen LogP contribution in [0.4, 0.5) is 0 Å². The summed E-state index contributed by atoms with van der Waals surface area (Å²) in [5, 5.41) is 9.95. The van der Waals surface area contributed by atoms with Crippen molar-refractivity contribution in [1.29, 1.82) is 0 Å². The lowest BCUT2D eigenvalue weighted by Crippen LogP contribution is -2.08. The summed E-state index contributed by atoms with van der Waals surface area (Å²) in [6.45, 7) is 0. The molecule has 12 rings (SSSR count). The van der Waals surface area contributed by atoms with Crippen LogP contribution in [0.15, 0.2) is 194 Å². The third-order valence-electron chi connectivity index (χ3n) is 11.9. The third kappa shape index (κ3) is 5.19. The molecule has 1 aliphatic rings. The van der Waals surface area contributed by atoms with Crippen LogP contribution in [0.3, 0.4) is 0 Å². The molecule has 3 aromatic heterocycles. The molecule has 1 atom stereocenters. The molecule has 8 aromatic carbocycles. The molecule has 3 heterocycles. The second-order valence-corrected chi connectivity index (χ2v) is 16.3. The molecule has 272 valence electrons. The summed E-state index contributed by atoms with van der Waals surface area (Å²) < 4.78 is 4.93. The molecule has 0 fully saturated rings. The first-order chi connectivity index (χ1) is 28.8. The predicted octanol–water partition coefficient (Wildman–Crippen LogP) is 14.8. The van der Waals surface area contributed by atoms with Gasteiger partial charge in [0.05, 0.1) is 22.4 Å². The first kappa shape index (κ1) is 33.0. The quantitative estimate of drug-likeness (QED) is 0.164. The predicted molar refractivity (Wildman–Crippen MR) is 246 cm³/mol. The molecular formula is C54H35N3S. The van der Waals surface area contributed by atoms with E-state index in [-0.39, 0.29) is 5.92 Å². The van der Waals surface area contributed by atoms with Gasteiger partial charge in [-0.1, -0.05) is 170 Å². The van der Waals surface area contributed by atoms with Gasteiger partial charge in [0.2, 0.25) is 5.95 Å². The number of hydrogen-bond acceptors (Lipinski definition) is 3. The highest BCUT2D eigenvalue weighted by molar-refractivity contribution is 7.26. The Hall–Kier alpha value is -7.14. The lowest BCUT2D eigenvalue weighted by molar-refractivity contribution is 0.797. The van der Waals surface area contributed by atoms with E-state index in [1.165, 1.54) is 74.7 Å². The van der Waals surface area contributed by atoms with Crippen molar-refractivity contribution >= 4 is 74.9 Å². The van der Waals surface area contributed by atoms with Gasteiger partial charge in [0.15, 0.2) is 0 Å². The number of thiophene rings is 1. The minimum absolute atomic E-state index is 0.165. The highest BCUT2D eigenvalue weighted by atomic mass is 32.1. The SMILES string of the molecule is C1=CCC(c2cc(-c3ccccc3)nc(-n3c4ccc5c6cc(-c7ccc(-c8ccccc8)cc7)ccc6sc5c4c4c5ccccc5c5ccccc5c43)n2)C=C1. The van der Waals surface area contributed by atoms with Gasteiger partial charge in [0.25, 0.3) is 0 Å². The number of aromatic nitrogens is 3. The summed E-state index contributed by atoms with van der Waals surface area (Å²) in [5.74, 6) is 0.861. The maximum absolute atomic E-state index is 5.48. The number of allylic oxidation sites excluding steroid dienone is 4. The normalized spacial score (nSPS) is 14.2. The zero-order valence-electron chi connectivity index (χ0n) is 31.5. The summed E-state index contributed by atoms with van der Waals surface area (Å²) in [6.07, 6.45) is 9.67. The number of benzene rings is 8. The van der Waals surface area contributed by atoms with E-state index >= 15 is 0 Å². The van der Waals surface area contributed by atoms with Crippen molar-refractivity contribution in [2.75, 3.05) is 0 Å². The van der Waals surface area contributed by atoms with E-state index in [1.807, 2.05) is 11.3 Å². The Balaban J connectivity index is 1.15. The molecule has 3 nitrogen and oxygen atoms in total. The van der Waals surface area contributed by atoms with Crippen LogP contribution in [0.5, 0.6) is 0 Å². The van der Waals surface area contributed by atoms with E-state index in [0.29, 0.717) is 5.95 Å². The minimum Gasteiger partial charge on any atom is -0.277 e. The topological polar surface area (TPSA) is 30.7 Å². The zero-order chi connectivity index (χ0) is 38.2. The van der Waals surface area contributed by atoms with Crippen LogP contribution in [-0.2, 0) is 0 Å². The standard InChI is InChI=1S/C54H35N3S/c1-4-14-34(15-5-1)35-24-26-36(27-25-35)39-28-31-49-45(32-39)44-29-30-48-51(53(44)58-49)50-42-22-12-10-20-40(42)41-21-11-13-23-43(41)52(50)57(48)54-55-46(37-16-6-2-7-17-37)33-47(56-54)38-18-8-3-9-19-38/h1-18,20-33,38H,19H2. The first-order valence-corrected chi connectivity index (χ1v) is 20.8. The minimum atomic E-state index is 0.165. The molecule has 4 heteroatoms. The fourth-order valence-electron chi connectivity index (χ4n) is 9.16. The smallest absolute Gasteiger partial charge is 0.235 e. The maximum Gasteiger partial charge on any atom is 0.235 e. The summed E-state index contributed by atoms with van der Waals surface area (Å²) >= 11 is 1.89. The molecular weight excluding hydrogens is 723 g/mol. The molecule has 0 saturated heterocycles. The molecule has 58 heavy (non-hydrogen) atoms. The van der Waals surface area contributed by atoms with Crippen LogP contribution < -0.4 is 0 Å². The van der Waals surface area contributed by atoms with Crippen molar-refractivity contribution in [3.05, 3.63) is 200 Å². The fraction of sp³-hybridized carbons (Fsp3) is 0.0370. The van der Waals surface area contributed by atoms with Crippen LogP contribution in [0, 0.1) is 0 Å². The Morgan fingerprint density at radius 2 is 1.12 bits per heavy atom. The van der Waals surface area contributed by atoms with Gasteiger partial charge in [-0.3, -0.25) is 4.57 Å². The average molecular weight is 758 g/mol. The maximum atomic E-state index is 5.48. The summed E-state index contributed by atoms with van der Waals surface area (Å²) in [4.78, 5) is 10.9. The Bertz CT molecular complexity index is 3460. The second-order valence-electron chi connectivity index (χ2n) is 15.2. The number of fused-ring (bicyclic) bond motifs is 12. The Morgan fingerprint density at radius 3 is 1.86 bits per heavy atom. The number of rotatable bonds is 5. The van der Waals surface area contributed by atoms with Crippen LogP contribution in [0.2, 0.25) is 0 Å². The first-order valence-electron chi connectivity index (χ1n) is 19.9. The summed E-state index contributed by atoms with van der Waals surface area (Å²) in [6, 6.07) is 61.6. The Kier molecular flexibility index (Phi) is 7.54. The molecule has 11 aromatic rings. The van der Waals surface area contributed by atoms with Crippen molar-refractivity contribution in [1.82, 2.24) is 14.5 Å². The Labute approximate surface area is 339 Å². The van der Waals surface area contributed by atoms with Crippen molar-refractivity contribution in [2.24, 2.45) is 0 Å². The van der Waals surface area contributed by atoms with Crippen LogP contribution in [0.25, 0.3) is 103 Å². The number of nitrogens with zero attached hydrogens (tertiary/aromatic N) is 3. The molecule has 1 unspecified atom stereocenters.